The molecule has 6 nitrogen and oxygen atoms in total. The zero-order valence-electron chi connectivity index (χ0n) is 15.1. The van der Waals surface area contributed by atoms with Gasteiger partial charge in [0.15, 0.2) is 0 Å². The lowest BCUT2D eigenvalue weighted by atomic mass is 10.1. The Hall–Kier alpha value is -2.63. The first-order valence-electron chi connectivity index (χ1n) is 9.21. The molecule has 2 N–H and O–H groups in total. The van der Waals surface area contributed by atoms with Crippen LogP contribution in [0.1, 0.15) is 49.3 Å². The van der Waals surface area contributed by atoms with Crippen molar-refractivity contribution in [1.29, 1.82) is 0 Å². The second kappa shape index (κ2) is 6.59. The fraction of sp³-hybridized carbons (Fsp3) is 0.450. The van der Waals surface area contributed by atoms with E-state index in [-0.39, 0.29) is 35.6 Å². The number of nitrogens with one attached hydrogen (secondary N) is 2. The van der Waals surface area contributed by atoms with Crippen LogP contribution in [0.2, 0.25) is 0 Å². The fourth-order valence-electron chi connectivity index (χ4n) is 3.33. The summed E-state index contributed by atoms with van der Waals surface area (Å²) in [6.45, 7) is 1.98. The average molecular weight is 352 g/mol. The number of aryl methyl sites for hydroxylation is 1. The van der Waals surface area contributed by atoms with Crippen molar-refractivity contribution in [3.63, 3.8) is 0 Å². The molecule has 4 rings (SSSR count). The summed E-state index contributed by atoms with van der Waals surface area (Å²) < 4.78 is 1.77. The van der Waals surface area contributed by atoms with Gasteiger partial charge in [-0.2, -0.15) is 5.10 Å². The molecule has 2 aromatic rings. The minimum Gasteiger partial charge on any atom is -0.349 e. The Morgan fingerprint density at radius 3 is 2.54 bits per heavy atom. The molecular weight excluding hydrogens is 328 g/mol. The van der Waals surface area contributed by atoms with E-state index in [1.165, 1.54) is 0 Å². The molecule has 1 aromatic carbocycles. The SMILES string of the molecule is CC(NC(=O)C1CC1c1cnn(C)c1)c1ccc(NC(=O)C2CC2)cc1. The number of nitrogens with zero attached hydrogens (tertiary/aromatic N) is 2. The Kier molecular flexibility index (Phi) is 4.26. The van der Waals surface area contributed by atoms with Crippen molar-refractivity contribution in [2.24, 2.45) is 18.9 Å². The van der Waals surface area contributed by atoms with Gasteiger partial charge in [-0.05, 0) is 55.4 Å². The third-order valence-corrected chi connectivity index (χ3v) is 5.27. The van der Waals surface area contributed by atoms with Crippen LogP contribution in [-0.2, 0) is 16.6 Å². The largest absolute Gasteiger partial charge is 0.349 e. The predicted molar refractivity (Wildman–Crippen MR) is 98.4 cm³/mol. The van der Waals surface area contributed by atoms with Crippen molar-refractivity contribution in [1.82, 2.24) is 15.1 Å². The Morgan fingerprint density at radius 1 is 1.19 bits per heavy atom. The first-order chi connectivity index (χ1) is 12.5. The number of carbonyl (C=O) groups is 2. The second-order valence-electron chi connectivity index (χ2n) is 7.51. The van der Waals surface area contributed by atoms with Gasteiger partial charge in [0.2, 0.25) is 11.8 Å². The Bertz CT molecular complexity index is 823. The molecule has 0 saturated heterocycles. The molecule has 2 aliphatic rings. The van der Waals surface area contributed by atoms with Crippen LogP contribution in [0.5, 0.6) is 0 Å². The minimum absolute atomic E-state index is 0.0405. The predicted octanol–water partition coefficient (Wildman–Crippen LogP) is 2.75. The van der Waals surface area contributed by atoms with Crippen molar-refractivity contribution >= 4 is 17.5 Å². The fourth-order valence-corrected chi connectivity index (χ4v) is 3.33. The second-order valence-corrected chi connectivity index (χ2v) is 7.51. The highest BCUT2D eigenvalue weighted by atomic mass is 16.2. The van der Waals surface area contributed by atoms with Gasteiger partial charge in [-0.3, -0.25) is 14.3 Å². The molecule has 1 aromatic heterocycles. The van der Waals surface area contributed by atoms with Crippen LogP contribution in [0.25, 0.3) is 0 Å². The van der Waals surface area contributed by atoms with E-state index in [2.05, 4.69) is 15.7 Å². The Balaban J connectivity index is 1.31. The maximum absolute atomic E-state index is 12.5. The van der Waals surface area contributed by atoms with Crippen LogP contribution in [0, 0.1) is 11.8 Å². The molecule has 2 fully saturated rings. The molecule has 0 bridgehead atoms. The standard InChI is InChI=1S/C20H24N4O2/c1-12(13-5-7-16(8-6-13)23-19(25)14-3-4-14)22-20(26)18-9-17(18)15-10-21-24(2)11-15/h5-8,10-12,14,17-18H,3-4,9H2,1-2H3,(H,22,26)(H,23,25). The summed E-state index contributed by atoms with van der Waals surface area (Å²) in [5.74, 6) is 0.723. The van der Waals surface area contributed by atoms with Gasteiger partial charge in [0, 0.05) is 30.8 Å². The molecule has 1 heterocycles. The van der Waals surface area contributed by atoms with E-state index in [0.29, 0.717) is 0 Å². The monoisotopic (exact) mass is 352 g/mol. The summed E-state index contributed by atoms with van der Waals surface area (Å²) in [6.07, 6.45) is 6.70. The van der Waals surface area contributed by atoms with E-state index in [1.54, 1.807) is 4.68 Å². The summed E-state index contributed by atoms with van der Waals surface area (Å²) in [6, 6.07) is 7.64. The topological polar surface area (TPSA) is 76.0 Å². The van der Waals surface area contributed by atoms with Gasteiger partial charge in [0.05, 0.1) is 12.2 Å². The third kappa shape index (κ3) is 3.64. The van der Waals surface area contributed by atoms with E-state index in [9.17, 15) is 9.59 Å². The lowest BCUT2D eigenvalue weighted by Gasteiger charge is -2.15. The molecule has 2 amide bonds. The zero-order valence-corrected chi connectivity index (χ0v) is 15.1. The third-order valence-electron chi connectivity index (χ3n) is 5.27. The number of anilines is 1. The quantitative estimate of drug-likeness (QED) is 0.839. The number of amides is 2. The van der Waals surface area contributed by atoms with Gasteiger partial charge in [0.1, 0.15) is 0 Å². The van der Waals surface area contributed by atoms with Crippen LogP contribution in [-0.4, -0.2) is 21.6 Å². The van der Waals surface area contributed by atoms with E-state index in [1.807, 2.05) is 50.6 Å². The molecule has 3 atom stereocenters. The summed E-state index contributed by atoms with van der Waals surface area (Å²) in [5.41, 5.74) is 2.97. The van der Waals surface area contributed by atoms with Crippen LogP contribution < -0.4 is 10.6 Å². The van der Waals surface area contributed by atoms with Crippen molar-refractivity contribution in [3.8, 4) is 0 Å². The lowest BCUT2D eigenvalue weighted by molar-refractivity contribution is -0.123. The highest BCUT2D eigenvalue weighted by molar-refractivity contribution is 5.94. The van der Waals surface area contributed by atoms with Gasteiger partial charge in [-0.15, -0.1) is 0 Å². The summed E-state index contributed by atoms with van der Waals surface area (Å²) in [7, 11) is 1.89. The molecule has 3 unspecified atom stereocenters. The molecular formula is C20H24N4O2. The first kappa shape index (κ1) is 16.8. The number of hydrogen-bond donors (Lipinski definition) is 2. The maximum atomic E-state index is 12.5. The average Bonchev–Trinajstić information content (AvgIpc) is 3.53. The van der Waals surface area contributed by atoms with E-state index < -0.39 is 0 Å². The minimum atomic E-state index is -0.0640. The Morgan fingerprint density at radius 2 is 1.92 bits per heavy atom. The zero-order chi connectivity index (χ0) is 18.3. The smallest absolute Gasteiger partial charge is 0.227 e. The molecule has 6 heteroatoms. The molecule has 0 aliphatic heterocycles. The van der Waals surface area contributed by atoms with Crippen LogP contribution in [0.4, 0.5) is 5.69 Å². The van der Waals surface area contributed by atoms with E-state index >= 15 is 0 Å². The molecule has 0 spiro atoms. The normalized spacial score (nSPS) is 22.5. The van der Waals surface area contributed by atoms with Gasteiger partial charge in [-0.1, -0.05) is 12.1 Å². The molecule has 2 saturated carbocycles. The Labute approximate surface area is 153 Å². The number of carbonyl (C=O) groups excluding carboxylic acids is 2. The highest BCUT2D eigenvalue weighted by Crippen LogP contribution is 2.47. The van der Waals surface area contributed by atoms with Gasteiger partial charge < -0.3 is 10.6 Å². The summed E-state index contributed by atoms with van der Waals surface area (Å²) in [4.78, 5) is 24.3. The molecule has 136 valence electrons. The van der Waals surface area contributed by atoms with E-state index in [0.717, 1.165) is 36.1 Å². The lowest BCUT2D eigenvalue weighted by Crippen LogP contribution is -2.28. The van der Waals surface area contributed by atoms with Crippen LogP contribution in [0.15, 0.2) is 36.7 Å². The first-order valence-corrected chi connectivity index (χ1v) is 9.21. The summed E-state index contributed by atoms with van der Waals surface area (Å²) in [5, 5.41) is 10.2. The maximum Gasteiger partial charge on any atom is 0.227 e. The van der Waals surface area contributed by atoms with Crippen LogP contribution in [0.3, 0.4) is 0 Å². The van der Waals surface area contributed by atoms with E-state index in [4.69, 9.17) is 0 Å². The highest BCUT2D eigenvalue weighted by Gasteiger charge is 2.44. The van der Waals surface area contributed by atoms with Gasteiger partial charge in [0.25, 0.3) is 0 Å². The van der Waals surface area contributed by atoms with Crippen molar-refractivity contribution < 1.29 is 9.59 Å². The molecule has 26 heavy (non-hydrogen) atoms. The summed E-state index contributed by atoms with van der Waals surface area (Å²) >= 11 is 0. The number of aromatic nitrogens is 2. The van der Waals surface area contributed by atoms with Gasteiger partial charge >= 0.3 is 0 Å². The van der Waals surface area contributed by atoms with Crippen molar-refractivity contribution in [2.45, 2.75) is 38.1 Å². The van der Waals surface area contributed by atoms with Crippen molar-refractivity contribution in [3.05, 3.63) is 47.8 Å². The van der Waals surface area contributed by atoms with Gasteiger partial charge in [-0.25, -0.2) is 0 Å². The molecule has 2 aliphatic carbocycles. The number of rotatable bonds is 6. The van der Waals surface area contributed by atoms with Crippen molar-refractivity contribution in [2.75, 3.05) is 5.32 Å². The number of benzene rings is 1. The number of hydrogen-bond acceptors (Lipinski definition) is 3. The van der Waals surface area contributed by atoms with Crippen LogP contribution >= 0.6 is 0 Å². The molecule has 0 radical (unpaired) electrons.